The number of carbonyl (C=O) groups is 2. The summed E-state index contributed by atoms with van der Waals surface area (Å²) in [6.45, 7) is 5.27. The van der Waals surface area contributed by atoms with E-state index in [-0.39, 0.29) is 12.2 Å². The predicted octanol–water partition coefficient (Wildman–Crippen LogP) is 0.497. The van der Waals surface area contributed by atoms with Crippen LogP contribution in [0.1, 0.15) is 27.2 Å². The molecule has 1 amide bonds. The van der Waals surface area contributed by atoms with Gasteiger partial charge in [-0.15, -0.1) is 0 Å². The van der Waals surface area contributed by atoms with Crippen molar-refractivity contribution in [3.63, 3.8) is 0 Å². The van der Waals surface area contributed by atoms with Crippen LogP contribution in [0.15, 0.2) is 0 Å². The monoisotopic (exact) mass is 147 g/mol. The van der Waals surface area contributed by atoms with Crippen LogP contribution in [-0.4, -0.2) is 16.9 Å². The van der Waals surface area contributed by atoms with Crippen molar-refractivity contribution in [2.24, 2.45) is 0 Å². The van der Waals surface area contributed by atoms with Crippen molar-refractivity contribution in [2.45, 2.75) is 27.2 Å². The van der Waals surface area contributed by atoms with Crippen LogP contribution >= 0.6 is 0 Å². The Morgan fingerprint density at radius 1 is 1.40 bits per heavy atom. The number of amides is 1. The molecule has 0 aliphatic rings. The molecule has 0 saturated carbocycles. The van der Waals surface area contributed by atoms with Crippen LogP contribution in [0.3, 0.4) is 0 Å². The summed E-state index contributed by atoms with van der Waals surface area (Å²) >= 11 is 0. The van der Waals surface area contributed by atoms with E-state index in [1.54, 1.807) is 0 Å². The molecule has 0 aromatic rings. The second-order valence-corrected chi connectivity index (χ2v) is 1.41. The fourth-order valence-electron chi connectivity index (χ4n) is 0.266. The SMILES string of the molecule is CC.CC(=O)CC(=O)NO. The van der Waals surface area contributed by atoms with Gasteiger partial charge in [0, 0.05) is 0 Å². The molecule has 0 aliphatic heterocycles. The van der Waals surface area contributed by atoms with Crippen LogP contribution in [0.5, 0.6) is 0 Å². The Kier molecular flexibility index (Phi) is 9.59. The van der Waals surface area contributed by atoms with Gasteiger partial charge in [0.2, 0.25) is 0 Å². The van der Waals surface area contributed by atoms with Gasteiger partial charge in [-0.05, 0) is 6.92 Å². The van der Waals surface area contributed by atoms with E-state index in [1.807, 2.05) is 13.8 Å². The van der Waals surface area contributed by atoms with Gasteiger partial charge in [0.1, 0.15) is 5.78 Å². The topological polar surface area (TPSA) is 66.4 Å². The van der Waals surface area contributed by atoms with E-state index < -0.39 is 5.91 Å². The summed E-state index contributed by atoms with van der Waals surface area (Å²) in [5.74, 6) is -0.936. The Labute approximate surface area is 60.2 Å². The zero-order valence-electron chi connectivity index (χ0n) is 6.47. The van der Waals surface area contributed by atoms with Gasteiger partial charge >= 0.3 is 0 Å². The molecule has 0 aromatic heterocycles. The Morgan fingerprint density at radius 2 is 1.80 bits per heavy atom. The molecule has 0 unspecified atom stereocenters. The third kappa shape index (κ3) is 10.2. The van der Waals surface area contributed by atoms with Gasteiger partial charge in [0.25, 0.3) is 5.91 Å². The summed E-state index contributed by atoms with van der Waals surface area (Å²) in [5, 5.41) is 7.83. The number of Topliss-reactive ketones (excluding diaryl/α,β-unsaturated/α-hetero) is 1. The zero-order chi connectivity index (χ0) is 8.57. The van der Waals surface area contributed by atoms with Gasteiger partial charge in [-0.1, -0.05) is 13.8 Å². The van der Waals surface area contributed by atoms with Crippen molar-refractivity contribution in [2.75, 3.05) is 0 Å². The number of rotatable bonds is 2. The molecule has 2 N–H and O–H groups in total. The van der Waals surface area contributed by atoms with E-state index in [1.165, 1.54) is 12.4 Å². The van der Waals surface area contributed by atoms with Crippen LogP contribution in [0.2, 0.25) is 0 Å². The van der Waals surface area contributed by atoms with Crippen LogP contribution in [0.4, 0.5) is 0 Å². The molecule has 0 bridgehead atoms. The lowest BCUT2D eigenvalue weighted by molar-refractivity contribution is -0.133. The second kappa shape index (κ2) is 8.10. The Bertz CT molecular complexity index is 112. The first-order valence-corrected chi connectivity index (χ1v) is 3.09. The lowest BCUT2D eigenvalue weighted by Gasteiger charge is -1.89. The van der Waals surface area contributed by atoms with Gasteiger partial charge in [0.15, 0.2) is 0 Å². The molecule has 0 fully saturated rings. The molecule has 0 aromatic carbocycles. The Hall–Kier alpha value is -0.900. The molecule has 0 atom stereocenters. The van der Waals surface area contributed by atoms with E-state index in [4.69, 9.17) is 5.21 Å². The number of hydroxylamine groups is 1. The van der Waals surface area contributed by atoms with Crippen LogP contribution < -0.4 is 5.48 Å². The molecular weight excluding hydrogens is 134 g/mol. The molecule has 0 aliphatic carbocycles. The van der Waals surface area contributed by atoms with Crippen molar-refractivity contribution < 1.29 is 14.8 Å². The maximum Gasteiger partial charge on any atom is 0.250 e. The van der Waals surface area contributed by atoms with Crippen molar-refractivity contribution in [1.29, 1.82) is 0 Å². The molecule has 0 radical (unpaired) electrons. The molecule has 0 saturated heterocycles. The van der Waals surface area contributed by atoms with E-state index >= 15 is 0 Å². The molecular formula is C6H13NO3. The fraction of sp³-hybridized carbons (Fsp3) is 0.667. The molecule has 4 nitrogen and oxygen atoms in total. The lowest BCUT2D eigenvalue weighted by atomic mass is 10.3. The van der Waals surface area contributed by atoms with Crippen LogP contribution in [-0.2, 0) is 9.59 Å². The number of carbonyl (C=O) groups excluding carboxylic acids is 2. The molecule has 0 rings (SSSR count). The van der Waals surface area contributed by atoms with Crippen molar-refractivity contribution in [1.82, 2.24) is 5.48 Å². The summed E-state index contributed by atoms with van der Waals surface area (Å²) < 4.78 is 0. The van der Waals surface area contributed by atoms with Crippen LogP contribution in [0.25, 0.3) is 0 Å². The van der Waals surface area contributed by atoms with Gasteiger partial charge in [-0.2, -0.15) is 0 Å². The number of hydrogen-bond donors (Lipinski definition) is 2. The quantitative estimate of drug-likeness (QED) is 0.339. The average Bonchev–Trinajstić information content (AvgIpc) is 1.91. The second-order valence-electron chi connectivity index (χ2n) is 1.41. The van der Waals surface area contributed by atoms with Crippen molar-refractivity contribution in [3.05, 3.63) is 0 Å². The van der Waals surface area contributed by atoms with Crippen LogP contribution in [0, 0.1) is 0 Å². The number of hydrogen-bond acceptors (Lipinski definition) is 3. The Balaban J connectivity index is 0. The summed E-state index contributed by atoms with van der Waals surface area (Å²) in [4.78, 5) is 20.1. The Morgan fingerprint density at radius 3 is 1.90 bits per heavy atom. The molecule has 0 heterocycles. The number of nitrogens with one attached hydrogen (secondary N) is 1. The minimum atomic E-state index is -0.669. The normalized spacial score (nSPS) is 7.20. The summed E-state index contributed by atoms with van der Waals surface area (Å²) in [6, 6.07) is 0. The van der Waals surface area contributed by atoms with E-state index in [9.17, 15) is 9.59 Å². The molecule has 0 spiro atoms. The van der Waals surface area contributed by atoms with E-state index in [2.05, 4.69) is 0 Å². The van der Waals surface area contributed by atoms with Gasteiger partial charge < -0.3 is 0 Å². The minimum Gasteiger partial charge on any atom is -0.299 e. The van der Waals surface area contributed by atoms with Crippen molar-refractivity contribution in [3.8, 4) is 0 Å². The average molecular weight is 147 g/mol. The predicted molar refractivity (Wildman–Crippen MR) is 36.6 cm³/mol. The van der Waals surface area contributed by atoms with E-state index in [0.717, 1.165) is 0 Å². The van der Waals surface area contributed by atoms with Gasteiger partial charge in [-0.25, -0.2) is 5.48 Å². The first-order valence-electron chi connectivity index (χ1n) is 3.09. The van der Waals surface area contributed by atoms with Crippen molar-refractivity contribution >= 4 is 11.7 Å². The highest BCUT2D eigenvalue weighted by Gasteiger charge is 2.00. The highest BCUT2D eigenvalue weighted by molar-refractivity contribution is 5.96. The largest absolute Gasteiger partial charge is 0.299 e. The minimum absolute atomic E-state index is 0.253. The maximum absolute atomic E-state index is 10.0. The smallest absolute Gasteiger partial charge is 0.250 e. The summed E-state index contributed by atoms with van der Waals surface area (Å²) in [7, 11) is 0. The highest BCUT2D eigenvalue weighted by atomic mass is 16.5. The number of ketones is 1. The standard InChI is InChI=1S/C4H7NO3.C2H6/c1-3(6)2-4(7)5-8;1-2/h8H,2H2,1H3,(H,5,7);1-2H3. The fourth-order valence-corrected chi connectivity index (χ4v) is 0.266. The van der Waals surface area contributed by atoms with E-state index in [0.29, 0.717) is 0 Å². The first kappa shape index (κ1) is 11.8. The third-order valence-electron chi connectivity index (χ3n) is 0.534. The molecule has 10 heavy (non-hydrogen) atoms. The van der Waals surface area contributed by atoms with Gasteiger partial charge in [0.05, 0.1) is 6.42 Å². The third-order valence-corrected chi connectivity index (χ3v) is 0.534. The zero-order valence-corrected chi connectivity index (χ0v) is 6.47. The summed E-state index contributed by atoms with van der Waals surface area (Å²) in [6.07, 6.45) is -0.253. The van der Waals surface area contributed by atoms with Gasteiger partial charge in [-0.3, -0.25) is 14.8 Å². The molecule has 4 heteroatoms. The highest BCUT2D eigenvalue weighted by Crippen LogP contribution is 1.77. The maximum atomic E-state index is 10.0. The first-order chi connectivity index (χ1) is 4.66. The molecule has 60 valence electrons. The lowest BCUT2D eigenvalue weighted by Crippen LogP contribution is -2.20. The summed E-state index contributed by atoms with van der Waals surface area (Å²) in [5.41, 5.74) is 1.34.